The maximum absolute atomic E-state index is 11.8. The predicted molar refractivity (Wildman–Crippen MR) is 65.2 cm³/mol. The molecule has 0 bridgehead atoms. The zero-order valence-electron chi connectivity index (χ0n) is 8.93. The van der Waals surface area contributed by atoms with Gasteiger partial charge in [-0.25, -0.2) is 4.79 Å². The quantitative estimate of drug-likeness (QED) is 0.853. The summed E-state index contributed by atoms with van der Waals surface area (Å²) in [5.74, 6) is 0.685. The second-order valence-electron chi connectivity index (χ2n) is 4.02. The van der Waals surface area contributed by atoms with Crippen LogP contribution in [0.25, 0.3) is 0 Å². The Hall–Kier alpha value is -1.27. The summed E-state index contributed by atoms with van der Waals surface area (Å²) in [4.78, 5) is 13.4. The molecule has 0 spiro atoms. The summed E-state index contributed by atoms with van der Waals surface area (Å²) in [6.07, 6.45) is -0.642. The van der Waals surface area contributed by atoms with Gasteiger partial charge in [-0.05, 0) is 18.2 Å². The van der Waals surface area contributed by atoms with Crippen LogP contribution in [-0.2, 0) is 4.74 Å². The van der Waals surface area contributed by atoms with Gasteiger partial charge in [0.25, 0.3) is 0 Å². The van der Waals surface area contributed by atoms with Crippen molar-refractivity contribution in [2.75, 3.05) is 18.1 Å². The number of rotatable bonds is 1. The highest BCUT2D eigenvalue weighted by atomic mass is 79.9. The SMILES string of the molecule is NC[C@H]1OC(=O)N2c3ccc(Br)cc3OC[C@@H]12. The van der Waals surface area contributed by atoms with Gasteiger partial charge < -0.3 is 15.2 Å². The number of fused-ring (bicyclic) bond motifs is 3. The molecule has 1 aromatic rings. The van der Waals surface area contributed by atoms with Crippen LogP contribution in [0, 0.1) is 0 Å². The van der Waals surface area contributed by atoms with Gasteiger partial charge in [0.15, 0.2) is 0 Å². The van der Waals surface area contributed by atoms with Gasteiger partial charge in [0.1, 0.15) is 24.5 Å². The van der Waals surface area contributed by atoms with Gasteiger partial charge in [0, 0.05) is 11.0 Å². The monoisotopic (exact) mass is 298 g/mol. The number of anilines is 1. The molecule has 6 heteroatoms. The minimum absolute atomic E-state index is 0.124. The number of nitrogens with zero attached hydrogens (tertiary/aromatic N) is 1. The Morgan fingerprint density at radius 1 is 1.53 bits per heavy atom. The average molecular weight is 299 g/mol. The first-order chi connectivity index (χ1) is 8.20. The van der Waals surface area contributed by atoms with Gasteiger partial charge in [0.05, 0.1) is 5.69 Å². The highest BCUT2D eigenvalue weighted by Crippen LogP contribution is 2.39. The van der Waals surface area contributed by atoms with Crippen LogP contribution in [-0.4, -0.2) is 31.4 Å². The van der Waals surface area contributed by atoms with Crippen molar-refractivity contribution in [3.8, 4) is 5.75 Å². The van der Waals surface area contributed by atoms with E-state index in [2.05, 4.69) is 15.9 Å². The zero-order chi connectivity index (χ0) is 12.0. The predicted octanol–water partition coefficient (Wildman–Crippen LogP) is 1.49. The maximum Gasteiger partial charge on any atom is 0.415 e. The third-order valence-electron chi connectivity index (χ3n) is 3.03. The molecule has 2 aliphatic rings. The molecular weight excluding hydrogens is 288 g/mol. The molecule has 0 aromatic heterocycles. The molecule has 2 heterocycles. The lowest BCUT2D eigenvalue weighted by Gasteiger charge is -2.30. The fourth-order valence-electron chi connectivity index (χ4n) is 2.21. The van der Waals surface area contributed by atoms with E-state index in [4.69, 9.17) is 15.2 Å². The molecule has 1 amide bonds. The van der Waals surface area contributed by atoms with Gasteiger partial charge in [-0.15, -0.1) is 0 Å². The van der Waals surface area contributed by atoms with Gasteiger partial charge >= 0.3 is 6.09 Å². The van der Waals surface area contributed by atoms with Crippen LogP contribution in [0.4, 0.5) is 10.5 Å². The Morgan fingerprint density at radius 2 is 2.35 bits per heavy atom. The smallest absolute Gasteiger partial charge is 0.415 e. The lowest BCUT2D eigenvalue weighted by atomic mass is 10.1. The second kappa shape index (κ2) is 3.89. The fourth-order valence-corrected chi connectivity index (χ4v) is 2.55. The number of halogens is 1. The molecule has 1 saturated heterocycles. The Morgan fingerprint density at radius 3 is 3.12 bits per heavy atom. The summed E-state index contributed by atoms with van der Waals surface area (Å²) >= 11 is 3.37. The van der Waals surface area contributed by atoms with E-state index in [0.717, 1.165) is 10.2 Å². The molecule has 0 unspecified atom stereocenters. The molecule has 2 N–H and O–H groups in total. The van der Waals surface area contributed by atoms with Crippen molar-refractivity contribution in [2.45, 2.75) is 12.1 Å². The number of carbonyl (C=O) groups is 1. The van der Waals surface area contributed by atoms with Crippen molar-refractivity contribution in [2.24, 2.45) is 5.73 Å². The van der Waals surface area contributed by atoms with E-state index in [0.29, 0.717) is 18.9 Å². The second-order valence-corrected chi connectivity index (χ2v) is 4.93. The molecule has 90 valence electrons. The number of amides is 1. The van der Waals surface area contributed by atoms with E-state index < -0.39 is 0 Å². The van der Waals surface area contributed by atoms with Gasteiger partial charge in [-0.1, -0.05) is 15.9 Å². The molecule has 0 saturated carbocycles. The van der Waals surface area contributed by atoms with Crippen molar-refractivity contribution in [3.63, 3.8) is 0 Å². The first-order valence-electron chi connectivity index (χ1n) is 5.33. The van der Waals surface area contributed by atoms with Crippen molar-refractivity contribution >= 4 is 27.7 Å². The molecule has 0 radical (unpaired) electrons. The van der Waals surface area contributed by atoms with E-state index >= 15 is 0 Å². The molecule has 3 rings (SSSR count). The van der Waals surface area contributed by atoms with Crippen molar-refractivity contribution in [3.05, 3.63) is 22.7 Å². The minimum atomic E-state index is -0.350. The minimum Gasteiger partial charge on any atom is -0.489 e. The standard InChI is InChI=1S/C11H11BrN2O3/c12-6-1-2-7-9(3-6)16-5-8-10(4-13)17-11(15)14(7)8/h1-3,8,10H,4-5,13H2/t8-,10+/m0/s1. The van der Waals surface area contributed by atoms with E-state index in [-0.39, 0.29) is 18.2 Å². The number of cyclic esters (lactones) is 1. The van der Waals surface area contributed by atoms with Crippen LogP contribution in [0.2, 0.25) is 0 Å². The van der Waals surface area contributed by atoms with Crippen LogP contribution < -0.4 is 15.4 Å². The summed E-state index contributed by atoms with van der Waals surface area (Å²) in [5.41, 5.74) is 6.32. The van der Waals surface area contributed by atoms with Gasteiger partial charge in [0.2, 0.25) is 0 Å². The molecule has 2 aliphatic heterocycles. The van der Waals surface area contributed by atoms with E-state index in [1.807, 2.05) is 18.2 Å². The van der Waals surface area contributed by atoms with E-state index in [1.54, 1.807) is 4.90 Å². The Kier molecular flexibility index (Phi) is 2.48. The van der Waals surface area contributed by atoms with Gasteiger partial charge in [-0.2, -0.15) is 0 Å². The summed E-state index contributed by atoms with van der Waals surface area (Å²) in [6.45, 7) is 0.721. The molecular formula is C11H11BrN2O3. The third-order valence-corrected chi connectivity index (χ3v) is 3.53. The molecule has 5 nitrogen and oxygen atoms in total. The highest BCUT2D eigenvalue weighted by molar-refractivity contribution is 9.10. The van der Waals surface area contributed by atoms with Gasteiger partial charge in [-0.3, -0.25) is 4.90 Å². The molecule has 1 fully saturated rings. The van der Waals surface area contributed by atoms with Crippen molar-refractivity contribution < 1.29 is 14.3 Å². The number of ether oxygens (including phenoxy) is 2. The van der Waals surface area contributed by atoms with E-state index in [1.165, 1.54) is 0 Å². The first-order valence-corrected chi connectivity index (χ1v) is 6.12. The maximum atomic E-state index is 11.8. The first kappa shape index (κ1) is 10.9. The summed E-state index contributed by atoms with van der Waals surface area (Å²) in [7, 11) is 0. The Labute approximate surface area is 107 Å². The van der Waals surface area contributed by atoms with E-state index in [9.17, 15) is 4.79 Å². The highest BCUT2D eigenvalue weighted by Gasteiger charge is 2.45. The Bertz CT molecular complexity index is 480. The van der Waals surface area contributed by atoms with Crippen LogP contribution in [0.1, 0.15) is 0 Å². The number of hydrogen-bond donors (Lipinski definition) is 1. The lowest BCUT2D eigenvalue weighted by molar-refractivity contribution is 0.126. The summed E-state index contributed by atoms with van der Waals surface area (Å²) in [5, 5.41) is 0. The van der Waals surface area contributed by atoms with Crippen molar-refractivity contribution in [1.82, 2.24) is 0 Å². The normalized spacial score (nSPS) is 26.0. The van der Waals surface area contributed by atoms with Crippen LogP contribution in [0.5, 0.6) is 5.75 Å². The number of hydrogen-bond acceptors (Lipinski definition) is 4. The average Bonchev–Trinajstić information content (AvgIpc) is 2.66. The molecule has 1 aromatic carbocycles. The Balaban J connectivity index is 2.04. The van der Waals surface area contributed by atoms with Crippen LogP contribution in [0.3, 0.4) is 0 Å². The summed E-state index contributed by atoms with van der Waals surface area (Å²) in [6, 6.07) is 5.43. The summed E-state index contributed by atoms with van der Waals surface area (Å²) < 4.78 is 11.8. The lowest BCUT2D eigenvalue weighted by Crippen LogP contribution is -2.46. The van der Waals surface area contributed by atoms with Crippen LogP contribution in [0.15, 0.2) is 22.7 Å². The number of nitrogens with two attached hydrogens (primary N) is 1. The van der Waals surface area contributed by atoms with Crippen molar-refractivity contribution in [1.29, 1.82) is 0 Å². The largest absolute Gasteiger partial charge is 0.489 e. The fraction of sp³-hybridized carbons (Fsp3) is 0.364. The molecule has 17 heavy (non-hydrogen) atoms. The number of carbonyl (C=O) groups excluding carboxylic acids is 1. The third kappa shape index (κ3) is 1.59. The number of benzene rings is 1. The van der Waals surface area contributed by atoms with Crippen LogP contribution >= 0.6 is 15.9 Å². The molecule has 0 aliphatic carbocycles. The zero-order valence-corrected chi connectivity index (χ0v) is 10.5. The topological polar surface area (TPSA) is 64.8 Å². The molecule has 2 atom stereocenters.